The highest BCUT2D eigenvalue weighted by Crippen LogP contribution is 2.30. The van der Waals surface area contributed by atoms with Gasteiger partial charge in [-0.1, -0.05) is 0 Å². The number of ether oxygens (including phenoxy) is 1. The van der Waals surface area contributed by atoms with Crippen molar-refractivity contribution >= 4 is 11.5 Å². The first-order chi connectivity index (χ1) is 8.94. The molecule has 1 aliphatic rings. The minimum absolute atomic E-state index is 0.220. The second-order valence-corrected chi connectivity index (χ2v) is 4.64. The van der Waals surface area contributed by atoms with Gasteiger partial charge in [0.1, 0.15) is 5.82 Å². The van der Waals surface area contributed by atoms with Crippen molar-refractivity contribution in [2.45, 2.75) is 25.4 Å². The number of pyridine rings is 1. The van der Waals surface area contributed by atoms with E-state index in [9.17, 15) is 13.2 Å². The average molecular weight is 275 g/mol. The van der Waals surface area contributed by atoms with E-state index in [1.165, 1.54) is 6.07 Å². The van der Waals surface area contributed by atoms with Gasteiger partial charge in [0.2, 0.25) is 5.88 Å². The molecule has 0 saturated heterocycles. The van der Waals surface area contributed by atoms with Crippen molar-refractivity contribution in [2.75, 3.05) is 24.2 Å². The lowest BCUT2D eigenvalue weighted by molar-refractivity contribution is -0.131. The molecule has 0 amide bonds. The molecule has 0 atom stereocenters. The first kappa shape index (κ1) is 13.8. The van der Waals surface area contributed by atoms with Crippen LogP contribution in [0.25, 0.3) is 0 Å². The summed E-state index contributed by atoms with van der Waals surface area (Å²) in [5, 5.41) is 2.61. The Bertz CT molecular complexity index is 433. The Morgan fingerprint density at radius 1 is 1.37 bits per heavy atom. The van der Waals surface area contributed by atoms with Crippen molar-refractivity contribution in [3.63, 3.8) is 0 Å². The maximum Gasteiger partial charge on any atom is 0.390 e. The van der Waals surface area contributed by atoms with Crippen LogP contribution in [0.15, 0.2) is 12.1 Å². The molecule has 1 saturated carbocycles. The van der Waals surface area contributed by atoms with Gasteiger partial charge in [-0.05, 0) is 30.9 Å². The smallest absolute Gasteiger partial charge is 0.390 e. The summed E-state index contributed by atoms with van der Waals surface area (Å²) in [4.78, 5) is 4.07. The highest BCUT2D eigenvalue weighted by Gasteiger charge is 2.26. The van der Waals surface area contributed by atoms with E-state index in [-0.39, 0.29) is 12.4 Å². The zero-order chi connectivity index (χ0) is 13.9. The Morgan fingerprint density at radius 2 is 2.11 bits per heavy atom. The van der Waals surface area contributed by atoms with Crippen LogP contribution in [0.4, 0.5) is 24.7 Å². The van der Waals surface area contributed by atoms with Gasteiger partial charge in [-0.15, -0.1) is 0 Å². The van der Waals surface area contributed by atoms with Gasteiger partial charge in [-0.2, -0.15) is 18.2 Å². The van der Waals surface area contributed by atoms with Crippen LogP contribution >= 0.6 is 0 Å². The minimum Gasteiger partial charge on any atom is -0.476 e. The van der Waals surface area contributed by atoms with Crippen LogP contribution in [0.5, 0.6) is 5.88 Å². The Morgan fingerprint density at radius 3 is 2.74 bits per heavy atom. The number of nitrogens with one attached hydrogen (secondary N) is 1. The van der Waals surface area contributed by atoms with E-state index < -0.39 is 12.6 Å². The number of alkyl halides is 3. The summed E-state index contributed by atoms with van der Waals surface area (Å²) in [6, 6.07) is 3.11. The summed E-state index contributed by atoms with van der Waals surface area (Å²) < 4.78 is 41.5. The molecule has 106 valence electrons. The number of aromatic nitrogens is 1. The van der Waals surface area contributed by atoms with Gasteiger partial charge in [0, 0.05) is 6.54 Å². The van der Waals surface area contributed by atoms with Crippen molar-refractivity contribution in [1.29, 1.82) is 0 Å². The molecule has 1 aromatic rings. The fraction of sp³-hybridized carbons (Fsp3) is 0.583. The third-order valence-electron chi connectivity index (χ3n) is 2.76. The first-order valence-corrected chi connectivity index (χ1v) is 6.14. The molecule has 0 unspecified atom stereocenters. The third-order valence-corrected chi connectivity index (χ3v) is 2.76. The maximum atomic E-state index is 12.0. The Labute approximate surface area is 109 Å². The van der Waals surface area contributed by atoms with Crippen LogP contribution in [0.2, 0.25) is 0 Å². The van der Waals surface area contributed by atoms with Gasteiger partial charge in [-0.3, -0.25) is 0 Å². The molecule has 0 aromatic carbocycles. The lowest BCUT2D eigenvalue weighted by Crippen LogP contribution is -2.15. The van der Waals surface area contributed by atoms with Crippen LogP contribution in [-0.2, 0) is 0 Å². The predicted molar refractivity (Wildman–Crippen MR) is 66.0 cm³/mol. The fourth-order valence-corrected chi connectivity index (χ4v) is 1.48. The van der Waals surface area contributed by atoms with Gasteiger partial charge < -0.3 is 15.8 Å². The predicted octanol–water partition coefficient (Wildman–Crippen LogP) is 2.82. The zero-order valence-electron chi connectivity index (χ0n) is 10.3. The van der Waals surface area contributed by atoms with Crippen LogP contribution in [-0.4, -0.2) is 24.3 Å². The molecule has 1 aliphatic carbocycles. The fourth-order valence-electron chi connectivity index (χ4n) is 1.48. The summed E-state index contributed by atoms with van der Waals surface area (Å²) in [6.07, 6.45) is -2.80. The van der Waals surface area contributed by atoms with Crippen molar-refractivity contribution in [1.82, 2.24) is 4.98 Å². The number of nitrogens with zero attached hydrogens (tertiary/aromatic N) is 1. The number of anilines is 2. The second-order valence-electron chi connectivity index (χ2n) is 4.64. The number of nitrogen functional groups attached to an aromatic ring is 1. The molecule has 0 spiro atoms. The molecule has 0 radical (unpaired) electrons. The molecule has 7 heteroatoms. The normalized spacial score (nSPS) is 15.3. The van der Waals surface area contributed by atoms with Crippen LogP contribution in [0.1, 0.15) is 19.3 Å². The lowest BCUT2D eigenvalue weighted by atomic mass is 10.3. The molecule has 4 nitrogen and oxygen atoms in total. The number of nitrogens with two attached hydrogens (primary N) is 1. The van der Waals surface area contributed by atoms with Gasteiger partial charge in [0.15, 0.2) is 0 Å². The standard InChI is InChI=1S/C12H16F3N3O/c13-12(14,15)5-6-17-10-4-3-9(16)11(18-10)19-7-8-1-2-8/h3-4,8H,1-2,5-7,16H2,(H,17,18). The molecular weight excluding hydrogens is 259 g/mol. The number of rotatable bonds is 6. The van der Waals surface area contributed by atoms with Crippen LogP contribution < -0.4 is 15.8 Å². The number of hydrogen-bond acceptors (Lipinski definition) is 4. The van der Waals surface area contributed by atoms with E-state index >= 15 is 0 Å². The Balaban J connectivity index is 1.87. The molecule has 0 aliphatic heterocycles. The van der Waals surface area contributed by atoms with E-state index in [4.69, 9.17) is 10.5 Å². The molecule has 19 heavy (non-hydrogen) atoms. The van der Waals surface area contributed by atoms with Crippen molar-refractivity contribution in [2.24, 2.45) is 5.92 Å². The van der Waals surface area contributed by atoms with E-state index in [1.807, 2.05) is 0 Å². The quantitative estimate of drug-likeness (QED) is 0.838. The summed E-state index contributed by atoms with van der Waals surface area (Å²) in [6.45, 7) is 0.339. The first-order valence-electron chi connectivity index (χ1n) is 6.14. The summed E-state index contributed by atoms with van der Waals surface area (Å²) in [7, 11) is 0. The maximum absolute atomic E-state index is 12.0. The Hall–Kier alpha value is -1.66. The molecular formula is C12H16F3N3O. The Kier molecular flexibility index (Phi) is 4.01. The monoisotopic (exact) mass is 275 g/mol. The van der Waals surface area contributed by atoms with Gasteiger partial charge in [-0.25, -0.2) is 0 Å². The van der Waals surface area contributed by atoms with E-state index in [2.05, 4.69) is 10.3 Å². The highest BCUT2D eigenvalue weighted by atomic mass is 19.4. The number of halogens is 3. The summed E-state index contributed by atoms with van der Waals surface area (Å²) >= 11 is 0. The summed E-state index contributed by atoms with van der Waals surface area (Å²) in [5.41, 5.74) is 6.09. The molecule has 1 heterocycles. The zero-order valence-corrected chi connectivity index (χ0v) is 10.3. The second kappa shape index (κ2) is 5.54. The molecule has 0 bridgehead atoms. The highest BCUT2D eigenvalue weighted by molar-refractivity contribution is 5.53. The average Bonchev–Trinajstić information content (AvgIpc) is 3.12. The third kappa shape index (κ3) is 4.84. The van der Waals surface area contributed by atoms with Crippen LogP contribution in [0, 0.1) is 5.92 Å². The van der Waals surface area contributed by atoms with Crippen molar-refractivity contribution in [3.05, 3.63) is 12.1 Å². The topological polar surface area (TPSA) is 60.2 Å². The van der Waals surface area contributed by atoms with Crippen LogP contribution in [0.3, 0.4) is 0 Å². The van der Waals surface area contributed by atoms with Crippen molar-refractivity contribution < 1.29 is 17.9 Å². The molecule has 1 fully saturated rings. The lowest BCUT2D eigenvalue weighted by Gasteiger charge is -2.11. The number of hydrogen-bond donors (Lipinski definition) is 2. The SMILES string of the molecule is Nc1ccc(NCCC(F)(F)F)nc1OCC1CC1. The van der Waals surface area contributed by atoms with Gasteiger partial charge >= 0.3 is 6.18 Å². The molecule has 2 rings (SSSR count). The van der Waals surface area contributed by atoms with Gasteiger partial charge in [0.05, 0.1) is 18.7 Å². The van der Waals surface area contributed by atoms with E-state index in [0.717, 1.165) is 12.8 Å². The minimum atomic E-state index is -4.17. The molecule has 1 aromatic heterocycles. The van der Waals surface area contributed by atoms with E-state index in [0.29, 0.717) is 24.0 Å². The summed E-state index contributed by atoms with van der Waals surface area (Å²) in [5.74, 6) is 1.18. The van der Waals surface area contributed by atoms with Crippen molar-refractivity contribution in [3.8, 4) is 5.88 Å². The van der Waals surface area contributed by atoms with E-state index in [1.54, 1.807) is 6.07 Å². The largest absolute Gasteiger partial charge is 0.476 e. The van der Waals surface area contributed by atoms with Gasteiger partial charge in [0.25, 0.3) is 0 Å². The molecule has 3 N–H and O–H groups in total.